The maximum atomic E-state index is 11.0. The first-order chi connectivity index (χ1) is 12.6. The molecule has 0 bridgehead atoms. The Kier molecular flexibility index (Phi) is 6.04. The lowest BCUT2D eigenvalue weighted by atomic mass is 9.95. The Bertz CT molecular complexity index is 833. The number of benzene rings is 3. The Morgan fingerprint density at radius 3 is 1.77 bits per heavy atom. The van der Waals surface area contributed by atoms with Gasteiger partial charge < -0.3 is 15.2 Å². The van der Waals surface area contributed by atoms with E-state index in [1.807, 2.05) is 60.7 Å². The number of methoxy groups -OCH3 is 1. The summed E-state index contributed by atoms with van der Waals surface area (Å²) in [5, 5.41) is 15.7. The van der Waals surface area contributed by atoms with E-state index in [0.29, 0.717) is 10.0 Å². The fourth-order valence-corrected chi connectivity index (χ4v) is 2.99. The molecule has 0 fully saturated rings. The Morgan fingerprint density at radius 2 is 1.27 bits per heavy atom. The van der Waals surface area contributed by atoms with Gasteiger partial charge in [0, 0.05) is 15.7 Å². The first kappa shape index (κ1) is 18.6. The molecule has 2 unspecified atom stereocenters. The second-order valence-electron chi connectivity index (χ2n) is 5.90. The molecule has 0 aliphatic heterocycles. The lowest BCUT2D eigenvalue weighted by molar-refractivity contribution is 0.155. The predicted molar refractivity (Wildman–Crippen MR) is 107 cm³/mol. The van der Waals surface area contributed by atoms with E-state index in [4.69, 9.17) is 27.9 Å². The minimum Gasteiger partial charge on any atom is -0.497 e. The molecular weight excluding hydrogens is 369 g/mol. The highest BCUT2D eigenvalue weighted by Crippen LogP contribution is 2.33. The van der Waals surface area contributed by atoms with Crippen LogP contribution in [0.4, 0.5) is 5.69 Å². The molecule has 0 aliphatic carbocycles. The van der Waals surface area contributed by atoms with Crippen LogP contribution in [0.2, 0.25) is 10.0 Å². The third-order valence-electron chi connectivity index (χ3n) is 4.17. The first-order valence-electron chi connectivity index (χ1n) is 8.16. The molecule has 0 amide bonds. The maximum Gasteiger partial charge on any atom is 0.119 e. The summed E-state index contributed by atoms with van der Waals surface area (Å²) < 4.78 is 5.20. The van der Waals surface area contributed by atoms with Crippen molar-refractivity contribution in [2.45, 2.75) is 12.1 Å². The molecular formula is C21H19Cl2NO2. The van der Waals surface area contributed by atoms with Crippen LogP contribution in [0.1, 0.15) is 23.3 Å². The number of rotatable bonds is 6. The molecule has 5 heteroatoms. The molecule has 3 aromatic rings. The lowest BCUT2D eigenvalue weighted by Gasteiger charge is -2.26. The Hall–Kier alpha value is -2.20. The fraction of sp³-hybridized carbons (Fsp3) is 0.143. The van der Waals surface area contributed by atoms with Crippen LogP contribution in [-0.4, -0.2) is 12.2 Å². The van der Waals surface area contributed by atoms with E-state index < -0.39 is 6.10 Å². The topological polar surface area (TPSA) is 41.5 Å². The van der Waals surface area contributed by atoms with Crippen LogP contribution in [0.5, 0.6) is 5.75 Å². The van der Waals surface area contributed by atoms with Gasteiger partial charge in [0.25, 0.3) is 0 Å². The lowest BCUT2D eigenvalue weighted by Crippen LogP contribution is -2.19. The molecule has 2 N–H and O–H groups in total. The fourth-order valence-electron chi connectivity index (χ4n) is 2.73. The predicted octanol–water partition coefficient (Wildman–Crippen LogP) is 5.89. The molecule has 26 heavy (non-hydrogen) atoms. The van der Waals surface area contributed by atoms with E-state index in [9.17, 15) is 5.11 Å². The van der Waals surface area contributed by atoms with Crippen LogP contribution in [0.25, 0.3) is 0 Å². The van der Waals surface area contributed by atoms with E-state index in [0.717, 1.165) is 22.6 Å². The number of nitrogens with one attached hydrogen (secondary N) is 1. The zero-order valence-corrected chi connectivity index (χ0v) is 15.7. The maximum absolute atomic E-state index is 11.0. The largest absolute Gasteiger partial charge is 0.497 e. The molecule has 0 heterocycles. The van der Waals surface area contributed by atoms with Crippen molar-refractivity contribution in [1.29, 1.82) is 0 Å². The van der Waals surface area contributed by atoms with E-state index >= 15 is 0 Å². The molecule has 0 spiro atoms. The van der Waals surface area contributed by atoms with Crippen LogP contribution in [0, 0.1) is 0 Å². The summed E-state index contributed by atoms with van der Waals surface area (Å²) in [5.74, 6) is 0.775. The van der Waals surface area contributed by atoms with Crippen molar-refractivity contribution >= 4 is 28.9 Å². The van der Waals surface area contributed by atoms with Crippen LogP contribution >= 0.6 is 23.2 Å². The smallest absolute Gasteiger partial charge is 0.119 e. The van der Waals surface area contributed by atoms with Gasteiger partial charge in [-0.05, 0) is 59.7 Å². The number of halogens is 2. The van der Waals surface area contributed by atoms with E-state index in [1.165, 1.54) is 0 Å². The monoisotopic (exact) mass is 387 g/mol. The molecule has 0 aliphatic rings. The van der Waals surface area contributed by atoms with Crippen molar-refractivity contribution in [3.8, 4) is 5.75 Å². The molecule has 0 saturated heterocycles. The van der Waals surface area contributed by atoms with Gasteiger partial charge in [-0.15, -0.1) is 0 Å². The highest BCUT2D eigenvalue weighted by atomic mass is 35.5. The zero-order chi connectivity index (χ0) is 18.5. The van der Waals surface area contributed by atoms with Crippen LogP contribution in [-0.2, 0) is 0 Å². The highest BCUT2D eigenvalue weighted by Gasteiger charge is 2.23. The van der Waals surface area contributed by atoms with Crippen molar-refractivity contribution in [2.75, 3.05) is 12.4 Å². The first-order valence-corrected chi connectivity index (χ1v) is 8.92. The van der Waals surface area contributed by atoms with Gasteiger partial charge in [-0.1, -0.05) is 47.5 Å². The number of anilines is 1. The average molecular weight is 388 g/mol. The van der Waals surface area contributed by atoms with Crippen LogP contribution in [0.3, 0.4) is 0 Å². The van der Waals surface area contributed by atoms with Crippen molar-refractivity contribution < 1.29 is 9.84 Å². The summed E-state index contributed by atoms with van der Waals surface area (Å²) in [5.41, 5.74) is 2.57. The summed E-state index contributed by atoms with van der Waals surface area (Å²) >= 11 is 12.0. The van der Waals surface area contributed by atoms with Gasteiger partial charge in [0.15, 0.2) is 0 Å². The quantitative estimate of drug-likeness (QED) is 0.553. The highest BCUT2D eigenvalue weighted by molar-refractivity contribution is 6.30. The molecule has 134 valence electrons. The van der Waals surface area contributed by atoms with E-state index in [2.05, 4.69) is 5.32 Å². The van der Waals surface area contributed by atoms with E-state index in [1.54, 1.807) is 19.2 Å². The average Bonchev–Trinajstić information content (AvgIpc) is 2.67. The van der Waals surface area contributed by atoms with Gasteiger partial charge in [0.05, 0.1) is 13.2 Å². The molecule has 0 aromatic heterocycles. The Morgan fingerprint density at radius 1 is 0.769 bits per heavy atom. The number of hydrogen-bond acceptors (Lipinski definition) is 3. The van der Waals surface area contributed by atoms with Gasteiger partial charge in [-0.3, -0.25) is 0 Å². The molecule has 2 atom stereocenters. The molecule has 0 saturated carbocycles. The van der Waals surface area contributed by atoms with Gasteiger partial charge in [-0.2, -0.15) is 0 Å². The standard InChI is InChI=1S/C21H19Cl2NO2/c1-26-19-12-10-18(11-13-19)24-20(14-2-6-16(22)7-3-14)21(25)15-4-8-17(23)9-5-15/h2-13,20-21,24-25H,1H3. The minimum atomic E-state index is -0.768. The minimum absolute atomic E-state index is 0.359. The van der Waals surface area contributed by atoms with Crippen molar-refractivity contribution in [2.24, 2.45) is 0 Å². The molecule has 3 rings (SSSR count). The van der Waals surface area contributed by atoms with Crippen molar-refractivity contribution in [3.05, 3.63) is 94.0 Å². The number of aliphatic hydroxyl groups excluding tert-OH is 1. The summed E-state index contributed by atoms with van der Waals surface area (Å²) in [6.45, 7) is 0. The van der Waals surface area contributed by atoms with Gasteiger partial charge >= 0.3 is 0 Å². The SMILES string of the molecule is COc1ccc(NC(c2ccc(Cl)cc2)C(O)c2ccc(Cl)cc2)cc1. The molecule has 3 nitrogen and oxygen atoms in total. The normalized spacial score (nSPS) is 13.1. The second kappa shape index (κ2) is 8.45. The Labute approximate surface area is 163 Å². The summed E-state index contributed by atoms with van der Waals surface area (Å²) in [4.78, 5) is 0. The van der Waals surface area contributed by atoms with E-state index in [-0.39, 0.29) is 6.04 Å². The summed E-state index contributed by atoms with van der Waals surface area (Å²) in [7, 11) is 1.63. The van der Waals surface area contributed by atoms with Crippen molar-refractivity contribution in [1.82, 2.24) is 0 Å². The van der Waals surface area contributed by atoms with Gasteiger partial charge in [0.2, 0.25) is 0 Å². The van der Waals surface area contributed by atoms with Crippen molar-refractivity contribution in [3.63, 3.8) is 0 Å². The number of ether oxygens (including phenoxy) is 1. The van der Waals surface area contributed by atoms with Gasteiger partial charge in [-0.25, -0.2) is 0 Å². The van der Waals surface area contributed by atoms with Gasteiger partial charge in [0.1, 0.15) is 11.9 Å². The van der Waals surface area contributed by atoms with Crippen LogP contribution < -0.4 is 10.1 Å². The molecule has 3 aromatic carbocycles. The Balaban J connectivity index is 1.92. The number of hydrogen-bond donors (Lipinski definition) is 2. The number of aliphatic hydroxyl groups is 1. The third-order valence-corrected chi connectivity index (χ3v) is 4.67. The summed E-state index contributed by atoms with van der Waals surface area (Å²) in [6, 6.07) is 21.8. The summed E-state index contributed by atoms with van der Waals surface area (Å²) in [6.07, 6.45) is -0.768. The third kappa shape index (κ3) is 4.50. The zero-order valence-electron chi connectivity index (χ0n) is 14.2. The van der Waals surface area contributed by atoms with Crippen LogP contribution in [0.15, 0.2) is 72.8 Å². The molecule has 0 radical (unpaired) electrons. The second-order valence-corrected chi connectivity index (χ2v) is 6.77.